The van der Waals surface area contributed by atoms with Crippen molar-refractivity contribution in [3.05, 3.63) is 59.7 Å². The van der Waals surface area contributed by atoms with E-state index in [-0.39, 0.29) is 24.8 Å². The fraction of sp³-hybridized carbons (Fsp3) is 0.316. The van der Waals surface area contributed by atoms with Crippen molar-refractivity contribution in [1.29, 1.82) is 0 Å². The van der Waals surface area contributed by atoms with Crippen LogP contribution >= 0.6 is 0 Å². The lowest BCUT2D eigenvalue weighted by atomic mass is 10.1. The van der Waals surface area contributed by atoms with Gasteiger partial charge in [0.15, 0.2) is 0 Å². The molecular formula is C19H19F2NO4. The topological polar surface area (TPSA) is 48.0 Å². The molecule has 1 unspecified atom stereocenters. The molecule has 2 aromatic carbocycles. The van der Waals surface area contributed by atoms with E-state index in [2.05, 4.69) is 0 Å². The summed E-state index contributed by atoms with van der Waals surface area (Å²) in [5, 5.41) is 0. The third kappa shape index (κ3) is 4.29. The Morgan fingerprint density at radius 3 is 2.62 bits per heavy atom. The van der Waals surface area contributed by atoms with Crippen LogP contribution in [0.1, 0.15) is 10.4 Å². The van der Waals surface area contributed by atoms with Gasteiger partial charge in [-0.1, -0.05) is 0 Å². The second-order valence-corrected chi connectivity index (χ2v) is 5.85. The van der Waals surface area contributed by atoms with Crippen molar-refractivity contribution < 1.29 is 27.8 Å². The van der Waals surface area contributed by atoms with Gasteiger partial charge < -0.3 is 19.1 Å². The van der Waals surface area contributed by atoms with Crippen molar-refractivity contribution in [2.45, 2.75) is 6.10 Å². The maximum absolute atomic E-state index is 13.8. The molecule has 1 aliphatic heterocycles. The van der Waals surface area contributed by atoms with Crippen LogP contribution in [0.2, 0.25) is 0 Å². The molecule has 0 spiro atoms. The van der Waals surface area contributed by atoms with E-state index < -0.39 is 17.5 Å². The van der Waals surface area contributed by atoms with Gasteiger partial charge in [-0.15, -0.1) is 0 Å². The Morgan fingerprint density at radius 1 is 1.19 bits per heavy atom. The molecule has 0 N–H and O–H groups in total. The molecule has 1 aliphatic rings. The first kappa shape index (κ1) is 18.1. The Balaban J connectivity index is 1.58. The smallest absolute Gasteiger partial charge is 0.257 e. The standard InChI is InChI=1S/C19H19F2NO4/c1-24-14-3-5-15(6-4-14)26-12-16-11-22(8-9-25-16)19(23)17-7-2-13(20)10-18(17)21/h2-7,10,16H,8-9,11-12H2,1H3. The van der Waals surface area contributed by atoms with E-state index in [9.17, 15) is 13.6 Å². The highest BCUT2D eigenvalue weighted by Gasteiger charge is 2.27. The van der Waals surface area contributed by atoms with Crippen molar-refractivity contribution in [1.82, 2.24) is 4.90 Å². The molecule has 1 heterocycles. The number of ether oxygens (including phenoxy) is 3. The van der Waals surface area contributed by atoms with Gasteiger partial charge in [-0.05, 0) is 36.4 Å². The van der Waals surface area contributed by atoms with E-state index in [0.29, 0.717) is 25.0 Å². The number of hydrogen-bond donors (Lipinski definition) is 0. The van der Waals surface area contributed by atoms with Crippen LogP contribution in [0.15, 0.2) is 42.5 Å². The van der Waals surface area contributed by atoms with Gasteiger partial charge in [0.05, 0.1) is 25.8 Å². The van der Waals surface area contributed by atoms with E-state index in [1.165, 1.54) is 4.90 Å². The van der Waals surface area contributed by atoms with E-state index >= 15 is 0 Å². The summed E-state index contributed by atoms with van der Waals surface area (Å²) < 4.78 is 43.2. The average molecular weight is 363 g/mol. The zero-order valence-corrected chi connectivity index (χ0v) is 14.3. The van der Waals surface area contributed by atoms with Gasteiger partial charge >= 0.3 is 0 Å². The summed E-state index contributed by atoms with van der Waals surface area (Å²) in [6.45, 7) is 1.19. The van der Waals surface area contributed by atoms with Crippen LogP contribution in [-0.4, -0.2) is 50.3 Å². The predicted molar refractivity (Wildman–Crippen MR) is 90.5 cm³/mol. The van der Waals surface area contributed by atoms with E-state index in [1.54, 1.807) is 31.4 Å². The number of carbonyl (C=O) groups excluding carboxylic acids is 1. The van der Waals surface area contributed by atoms with Gasteiger partial charge in [0.25, 0.3) is 5.91 Å². The lowest BCUT2D eigenvalue weighted by Gasteiger charge is -2.33. The normalized spacial score (nSPS) is 17.0. The van der Waals surface area contributed by atoms with Crippen LogP contribution in [0.4, 0.5) is 8.78 Å². The number of hydrogen-bond acceptors (Lipinski definition) is 4. The average Bonchev–Trinajstić information content (AvgIpc) is 2.66. The molecule has 2 aromatic rings. The molecule has 138 valence electrons. The fourth-order valence-electron chi connectivity index (χ4n) is 2.70. The second kappa shape index (κ2) is 8.14. The molecule has 7 heteroatoms. The molecular weight excluding hydrogens is 344 g/mol. The number of nitrogens with zero attached hydrogens (tertiary/aromatic N) is 1. The van der Waals surface area contributed by atoms with Gasteiger partial charge in [-0.2, -0.15) is 0 Å². The maximum Gasteiger partial charge on any atom is 0.257 e. The number of rotatable bonds is 5. The van der Waals surface area contributed by atoms with E-state index in [4.69, 9.17) is 14.2 Å². The van der Waals surface area contributed by atoms with E-state index in [0.717, 1.165) is 17.9 Å². The van der Waals surface area contributed by atoms with Gasteiger partial charge in [-0.25, -0.2) is 8.78 Å². The summed E-state index contributed by atoms with van der Waals surface area (Å²) in [6, 6.07) is 10.1. The highest BCUT2D eigenvalue weighted by atomic mass is 19.1. The Hall–Kier alpha value is -2.67. The number of amides is 1. The van der Waals surface area contributed by atoms with E-state index in [1.807, 2.05) is 0 Å². The Kier molecular flexibility index (Phi) is 5.68. The third-order valence-electron chi connectivity index (χ3n) is 4.08. The molecule has 3 rings (SSSR count). The molecule has 1 atom stereocenters. The number of halogens is 2. The molecule has 1 saturated heterocycles. The lowest BCUT2D eigenvalue weighted by molar-refractivity contribution is -0.0402. The molecule has 0 radical (unpaired) electrons. The molecule has 0 saturated carbocycles. The lowest BCUT2D eigenvalue weighted by Crippen LogP contribution is -2.47. The van der Waals surface area contributed by atoms with Crippen LogP contribution in [0, 0.1) is 11.6 Å². The molecule has 0 bridgehead atoms. The zero-order chi connectivity index (χ0) is 18.5. The van der Waals surface area contributed by atoms with Gasteiger partial charge in [-0.3, -0.25) is 4.79 Å². The highest BCUT2D eigenvalue weighted by Crippen LogP contribution is 2.19. The largest absolute Gasteiger partial charge is 0.497 e. The maximum atomic E-state index is 13.8. The second-order valence-electron chi connectivity index (χ2n) is 5.85. The molecule has 1 amide bonds. The van der Waals surface area contributed by atoms with Gasteiger partial charge in [0.2, 0.25) is 0 Å². The monoisotopic (exact) mass is 363 g/mol. The van der Waals surface area contributed by atoms with Crippen LogP contribution in [0.5, 0.6) is 11.5 Å². The molecule has 26 heavy (non-hydrogen) atoms. The van der Waals surface area contributed by atoms with Crippen molar-refractivity contribution in [3.8, 4) is 11.5 Å². The first-order valence-corrected chi connectivity index (χ1v) is 8.19. The molecule has 0 aromatic heterocycles. The molecule has 0 aliphatic carbocycles. The SMILES string of the molecule is COc1ccc(OCC2CN(C(=O)c3ccc(F)cc3F)CCO2)cc1. The van der Waals surface area contributed by atoms with Crippen LogP contribution in [-0.2, 0) is 4.74 Å². The number of morpholine rings is 1. The summed E-state index contributed by atoms with van der Waals surface area (Å²) in [4.78, 5) is 14.0. The van der Waals surface area contributed by atoms with Gasteiger partial charge in [0, 0.05) is 12.6 Å². The summed E-state index contributed by atoms with van der Waals surface area (Å²) in [7, 11) is 1.58. The van der Waals surface area contributed by atoms with Crippen molar-refractivity contribution in [3.63, 3.8) is 0 Å². The number of carbonyl (C=O) groups is 1. The third-order valence-corrected chi connectivity index (χ3v) is 4.08. The Labute approximate surface area is 150 Å². The molecule has 1 fully saturated rings. The summed E-state index contributed by atoms with van der Waals surface area (Å²) in [6.07, 6.45) is -0.335. The first-order valence-electron chi connectivity index (χ1n) is 8.19. The summed E-state index contributed by atoms with van der Waals surface area (Å²) in [5.74, 6) is -0.689. The quantitative estimate of drug-likeness (QED) is 0.820. The van der Waals surface area contributed by atoms with Gasteiger partial charge in [0.1, 0.15) is 35.8 Å². The predicted octanol–water partition coefficient (Wildman–Crippen LogP) is 2.89. The zero-order valence-electron chi connectivity index (χ0n) is 14.3. The van der Waals surface area contributed by atoms with Crippen molar-refractivity contribution in [2.24, 2.45) is 0 Å². The summed E-state index contributed by atoms with van der Waals surface area (Å²) in [5.41, 5.74) is -0.150. The minimum absolute atomic E-state index is 0.150. The summed E-state index contributed by atoms with van der Waals surface area (Å²) >= 11 is 0. The van der Waals surface area contributed by atoms with Crippen molar-refractivity contribution in [2.75, 3.05) is 33.4 Å². The first-order chi connectivity index (χ1) is 12.6. The molecule has 5 nitrogen and oxygen atoms in total. The van der Waals surface area contributed by atoms with Crippen LogP contribution in [0.25, 0.3) is 0 Å². The van der Waals surface area contributed by atoms with Crippen molar-refractivity contribution >= 4 is 5.91 Å². The highest BCUT2D eigenvalue weighted by molar-refractivity contribution is 5.94. The number of methoxy groups -OCH3 is 1. The Morgan fingerprint density at radius 2 is 1.92 bits per heavy atom. The van der Waals surface area contributed by atoms with Crippen LogP contribution in [0.3, 0.4) is 0 Å². The minimum Gasteiger partial charge on any atom is -0.497 e. The number of benzene rings is 2. The fourth-order valence-corrected chi connectivity index (χ4v) is 2.70. The Bertz CT molecular complexity index is 767. The van der Waals surface area contributed by atoms with Crippen LogP contribution < -0.4 is 9.47 Å². The minimum atomic E-state index is -0.868.